The Morgan fingerprint density at radius 1 is 1.60 bits per heavy atom. The largest absolute Gasteiger partial charge is 0.380 e. The Morgan fingerprint density at radius 3 is 2.87 bits per heavy atom. The van der Waals surface area contributed by atoms with Crippen LogP contribution in [-0.2, 0) is 9.47 Å². The van der Waals surface area contributed by atoms with Crippen LogP contribution in [0.5, 0.6) is 0 Å². The van der Waals surface area contributed by atoms with Crippen LogP contribution >= 0.6 is 0 Å². The highest BCUT2D eigenvalue weighted by molar-refractivity contribution is 4.91. The molecule has 0 bridgehead atoms. The van der Waals surface area contributed by atoms with Crippen LogP contribution in [0.15, 0.2) is 0 Å². The minimum atomic E-state index is 0.0982. The van der Waals surface area contributed by atoms with E-state index >= 15 is 0 Å². The summed E-state index contributed by atoms with van der Waals surface area (Å²) in [7, 11) is 2.11. The second kappa shape index (κ2) is 5.80. The Kier molecular flexibility index (Phi) is 4.99. The van der Waals surface area contributed by atoms with Crippen molar-refractivity contribution in [2.75, 3.05) is 46.6 Å². The zero-order valence-corrected chi connectivity index (χ0v) is 10.2. The molecule has 0 aromatic carbocycles. The first-order chi connectivity index (χ1) is 7.08. The molecule has 1 rings (SSSR count). The predicted octanol–water partition coefficient (Wildman–Crippen LogP) is 0.319. The summed E-state index contributed by atoms with van der Waals surface area (Å²) in [5.41, 5.74) is 6.13. The lowest BCUT2D eigenvalue weighted by Gasteiger charge is -2.31. The van der Waals surface area contributed by atoms with Crippen LogP contribution in [0, 0.1) is 5.41 Å². The average molecular weight is 216 g/mol. The van der Waals surface area contributed by atoms with E-state index in [4.69, 9.17) is 15.2 Å². The van der Waals surface area contributed by atoms with E-state index in [9.17, 15) is 0 Å². The highest BCUT2D eigenvalue weighted by atomic mass is 16.5. The van der Waals surface area contributed by atoms with Gasteiger partial charge in [0, 0.05) is 31.2 Å². The molecule has 0 radical (unpaired) electrons. The van der Waals surface area contributed by atoms with E-state index in [1.807, 2.05) is 6.92 Å². The molecular weight excluding hydrogens is 192 g/mol. The van der Waals surface area contributed by atoms with Gasteiger partial charge in [0.2, 0.25) is 0 Å². The summed E-state index contributed by atoms with van der Waals surface area (Å²) in [6.45, 7) is 9.18. The molecule has 4 nitrogen and oxygen atoms in total. The summed E-state index contributed by atoms with van der Waals surface area (Å²) in [4.78, 5) is 2.27. The molecule has 15 heavy (non-hydrogen) atoms. The summed E-state index contributed by atoms with van der Waals surface area (Å²) in [6, 6.07) is 0.159. The van der Waals surface area contributed by atoms with Gasteiger partial charge in [0.1, 0.15) is 0 Å². The summed E-state index contributed by atoms with van der Waals surface area (Å²) in [5.74, 6) is 0. The summed E-state index contributed by atoms with van der Waals surface area (Å²) in [6.07, 6.45) is 0. The molecule has 0 spiro atoms. The van der Waals surface area contributed by atoms with Gasteiger partial charge in [-0.15, -0.1) is 0 Å². The number of nitrogens with zero attached hydrogens (tertiary/aromatic N) is 1. The van der Waals surface area contributed by atoms with Crippen molar-refractivity contribution in [2.45, 2.75) is 19.9 Å². The van der Waals surface area contributed by atoms with Gasteiger partial charge >= 0.3 is 0 Å². The molecular formula is C11H24N2O2. The minimum absolute atomic E-state index is 0.0982. The van der Waals surface area contributed by atoms with Gasteiger partial charge in [0.05, 0.1) is 19.8 Å². The van der Waals surface area contributed by atoms with Crippen molar-refractivity contribution in [3.63, 3.8) is 0 Å². The van der Waals surface area contributed by atoms with Gasteiger partial charge in [-0.05, 0) is 14.0 Å². The maximum atomic E-state index is 6.03. The normalized spacial score (nSPS) is 31.4. The molecule has 90 valence electrons. The molecule has 0 aliphatic carbocycles. The van der Waals surface area contributed by atoms with E-state index in [1.54, 1.807) is 0 Å². The van der Waals surface area contributed by atoms with Gasteiger partial charge < -0.3 is 20.1 Å². The van der Waals surface area contributed by atoms with Crippen LogP contribution in [-0.4, -0.2) is 57.5 Å². The lowest BCUT2D eigenvalue weighted by Crippen LogP contribution is -2.46. The van der Waals surface area contributed by atoms with Crippen molar-refractivity contribution in [1.82, 2.24) is 4.90 Å². The van der Waals surface area contributed by atoms with Crippen molar-refractivity contribution in [3.05, 3.63) is 0 Å². The Morgan fingerprint density at radius 2 is 2.33 bits per heavy atom. The average Bonchev–Trinajstić information content (AvgIpc) is 2.47. The molecule has 0 aromatic rings. The fourth-order valence-electron chi connectivity index (χ4n) is 1.95. The Hall–Kier alpha value is -0.160. The first-order valence-corrected chi connectivity index (χ1v) is 5.68. The molecule has 1 saturated heterocycles. The molecule has 0 amide bonds. The SMILES string of the molecule is CCOCCN(C)CC1(C)COCC1N. The standard InChI is InChI=1S/C11H24N2O2/c1-4-14-6-5-13(3)8-11(2)9-15-7-10(11)12/h10H,4-9,12H2,1-3H3. The first-order valence-electron chi connectivity index (χ1n) is 5.68. The van der Waals surface area contributed by atoms with Gasteiger partial charge in [0.15, 0.2) is 0 Å². The maximum Gasteiger partial charge on any atom is 0.0624 e. The fourth-order valence-corrected chi connectivity index (χ4v) is 1.95. The lowest BCUT2D eigenvalue weighted by atomic mass is 9.85. The molecule has 0 aromatic heterocycles. The second-order valence-corrected chi connectivity index (χ2v) is 4.71. The van der Waals surface area contributed by atoms with Crippen molar-refractivity contribution in [3.8, 4) is 0 Å². The number of rotatable bonds is 6. The number of hydrogen-bond donors (Lipinski definition) is 1. The molecule has 4 heteroatoms. The zero-order chi connectivity index (χ0) is 11.3. The monoisotopic (exact) mass is 216 g/mol. The van der Waals surface area contributed by atoms with Crippen molar-refractivity contribution in [1.29, 1.82) is 0 Å². The molecule has 1 aliphatic rings. The maximum absolute atomic E-state index is 6.03. The number of nitrogens with two attached hydrogens (primary N) is 1. The predicted molar refractivity (Wildman–Crippen MR) is 60.9 cm³/mol. The van der Waals surface area contributed by atoms with Crippen molar-refractivity contribution < 1.29 is 9.47 Å². The van der Waals surface area contributed by atoms with Crippen LogP contribution in [0.25, 0.3) is 0 Å². The van der Waals surface area contributed by atoms with E-state index < -0.39 is 0 Å². The summed E-state index contributed by atoms with van der Waals surface area (Å²) in [5, 5.41) is 0. The lowest BCUT2D eigenvalue weighted by molar-refractivity contribution is 0.0926. The molecule has 1 fully saturated rings. The zero-order valence-electron chi connectivity index (χ0n) is 10.2. The van der Waals surface area contributed by atoms with E-state index in [-0.39, 0.29) is 11.5 Å². The van der Waals surface area contributed by atoms with Gasteiger partial charge in [0.25, 0.3) is 0 Å². The van der Waals surface area contributed by atoms with E-state index in [2.05, 4.69) is 18.9 Å². The molecule has 1 heterocycles. The first kappa shape index (κ1) is 12.9. The number of likely N-dealkylation sites (N-methyl/N-ethyl adjacent to an activating group) is 1. The quantitative estimate of drug-likeness (QED) is 0.650. The van der Waals surface area contributed by atoms with Crippen LogP contribution in [0.3, 0.4) is 0 Å². The molecule has 1 aliphatic heterocycles. The van der Waals surface area contributed by atoms with Crippen LogP contribution in [0.1, 0.15) is 13.8 Å². The third kappa shape index (κ3) is 3.72. The molecule has 2 atom stereocenters. The van der Waals surface area contributed by atoms with Gasteiger partial charge in [-0.1, -0.05) is 6.92 Å². The topological polar surface area (TPSA) is 47.7 Å². The van der Waals surface area contributed by atoms with Crippen LogP contribution in [0.4, 0.5) is 0 Å². The summed E-state index contributed by atoms with van der Waals surface area (Å²) < 4.78 is 10.7. The van der Waals surface area contributed by atoms with E-state index in [0.717, 1.165) is 32.9 Å². The van der Waals surface area contributed by atoms with Gasteiger partial charge in [-0.25, -0.2) is 0 Å². The van der Waals surface area contributed by atoms with Gasteiger partial charge in [-0.2, -0.15) is 0 Å². The van der Waals surface area contributed by atoms with Crippen LogP contribution in [0.2, 0.25) is 0 Å². The fraction of sp³-hybridized carbons (Fsp3) is 1.00. The summed E-state index contributed by atoms with van der Waals surface area (Å²) >= 11 is 0. The molecule has 2 N–H and O–H groups in total. The van der Waals surface area contributed by atoms with Gasteiger partial charge in [-0.3, -0.25) is 0 Å². The Labute approximate surface area is 92.7 Å². The van der Waals surface area contributed by atoms with E-state index in [0.29, 0.717) is 6.61 Å². The molecule has 2 unspecified atom stereocenters. The Balaban J connectivity index is 2.27. The second-order valence-electron chi connectivity index (χ2n) is 4.71. The molecule has 0 saturated carbocycles. The highest BCUT2D eigenvalue weighted by Gasteiger charge is 2.38. The highest BCUT2D eigenvalue weighted by Crippen LogP contribution is 2.27. The minimum Gasteiger partial charge on any atom is -0.380 e. The smallest absolute Gasteiger partial charge is 0.0624 e. The number of ether oxygens (including phenoxy) is 2. The van der Waals surface area contributed by atoms with Crippen molar-refractivity contribution >= 4 is 0 Å². The third-order valence-corrected chi connectivity index (χ3v) is 3.08. The number of hydrogen-bond acceptors (Lipinski definition) is 4. The Bertz CT molecular complexity index is 189. The third-order valence-electron chi connectivity index (χ3n) is 3.08. The van der Waals surface area contributed by atoms with E-state index in [1.165, 1.54) is 0 Å². The van der Waals surface area contributed by atoms with Crippen molar-refractivity contribution in [2.24, 2.45) is 11.1 Å². The van der Waals surface area contributed by atoms with Crippen LogP contribution < -0.4 is 5.73 Å².